The fourth-order valence-corrected chi connectivity index (χ4v) is 1.68. The average Bonchev–Trinajstić information content (AvgIpc) is 2.17. The lowest BCUT2D eigenvalue weighted by molar-refractivity contribution is 0.227. The smallest absolute Gasteiger partial charge is 0.0723 e. The Labute approximate surface area is 93.3 Å². The van der Waals surface area contributed by atoms with Crippen molar-refractivity contribution >= 4 is 22.6 Å². The summed E-state index contributed by atoms with van der Waals surface area (Å²) in [6, 6.07) is 10.2. The van der Waals surface area contributed by atoms with Crippen LogP contribution in [0.3, 0.4) is 0 Å². The van der Waals surface area contributed by atoms with E-state index < -0.39 is 0 Å². The molecule has 1 aromatic rings. The normalized spacial score (nSPS) is 15.8. The van der Waals surface area contributed by atoms with Gasteiger partial charge >= 0.3 is 0 Å². The van der Waals surface area contributed by atoms with Crippen molar-refractivity contribution in [1.82, 2.24) is 0 Å². The number of alkyl halides is 1. The van der Waals surface area contributed by atoms with E-state index in [-0.39, 0.29) is 10.0 Å². The minimum Gasteiger partial charge on any atom is -0.395 e. The second-order valence-electron chi connectivity index (χ2n) is 3.54. The van der Waals surface area contributed by atoms with Crippen LogP contribution in [0, 0.1) is 5.92 Å². The molecule has 0 unspecified atom stereocenters. The summed E-state index contributed by atoms with van der Waals surface area (Å²) in [6.07, 6.45) is 0. The molecule has 0 aromatic heterocycles. The summed E-state index contributed by atoms with van der Waals surface area (Å²) >= 11 is 2.34. The van der Waals surface area contributed by atoms with Crippen LogP contribution >= 0.6 is 22.6 Å². The van der Waals surface area contributed by atoms with Gasteiger partial charge in [-0.05, 0) is 11.5 Å². The second kappa shape index (κ2) is 4.42. The highest BCUT2D eigenvalue weighted by Crippen LogP contribution is 2.38. The molecule has 1 N–H and O–H groups in total. The van der Waals surface area contributed by atoms with Crippen molar-refractivity contribution in [2.75, 3.05) is 6.61 Å². The van der Waals surface area contributed by atoms with Crippen LogP contribution < -0.4 is 0 Å². The standard InChI is InChI=1S/C11H15IO/c1-9(2)11(12,8-13)10-6-4-3-5-7-10/h3-7,9,13H,8H2,1-2H3/t11-/m1/s1. The fourth-order valence-electron chi connectivity index (χ4n) is 1.32. The summed E-state index contributed by atoms with van der Waals surface area (Å²) in [6.45, 7) is 4.46. The highest BCUT2D eigenvalue weighted by molar-refractivity contribution is 14.1. The van der Waals surface area contributed by atoms with E-state index in [0.717, 1.165) is 0 Å². The Morgan fingerprint density at radius 2 is 1.85 bits per heavy atom. The van der Waals surface area contributed by atoms with Crippen LogP contribution in [-0.2, 0) is 3.42 Å². The van der Waals surface area contributed by atoms with Crippen molar-refractivity contribution in [2.24, 2.45) is 5.92 Å². The van der Waals surface area contributed by atoms with Crippen LogP contribution in [0.15, 0.2) is 30.3 Å². The Bertz CT molecular complexity index is 258. The Morgan fingerprint density at radius 1 is 1.31 bits per heavy atom. The Hall–Kier alpha value is -0.0900. The third kappa shape index (κ3) is 2.23. The molecule has 1 aromatic carbocycles. The average molecular weight is 290 g/mol. The van der Waals surface area contributed by atoms with E-state index in [1.165, 1.54) is 5.56 Å². The summed E-state index contributed by atoms with van der Waals surface area (Å²) in [4.78, 5) is 0. The summed E-state index contributed by atoms with van der Waals surface area (Å²) in [5, 5.41) is 9.40. The fraction of sp³-hybridized carbons (Fsp3) is 0.455. The molecule has 0 fully saturated rings. The van der Waals surface area contributed by atoms with Gasteiger partial charge in [0, 0.05) is 0 Å². The molecule has 2 heteroatoms. The third-order valence-electron chi connectivity index (χ3n) is 2.40. The molecule has 13 heavy (non-hydrogen) atoms. The number of hydrogen-bond donors (Lipinski definition) is 1. The van der Waals surface area contributed by atoms with E-state index in [2.05, 4.69) is 48.6 Å². The first-order valence-corrected chi connectivity index (χ1v) is 5.54. The topological polar surface area (TPSA) is 20.2 Å². The summed E-state index contributed by atoms with van der Waals surface area (Å²) in [5.74, 6) is 0.431. The molecule has 0 aliphatic heterocycles. The van der Waals surface area contributed by atoms with E-state index in [1.54, 1.807) is 0 Å². The second-order valence-corrected chi connectivity index (χ2v) is 5.47. The Morgan fingerprint density at radius 3 is 2.23 bits per heavy atom. The SMILES string of the molecule is CC(C)[C@](I)(CO)c1ccccc1. The van der Waals surface area contributed by atoms with E-state index in [0.29, 0.717) is 5.92 Å². The van der Waals surface area contributed by atoms with Gasteiger partial charge in [-0.3, -0.25) is 0 Å². The predicted octanol–water partition coefficient (Wildman–Crippen LogP) is 2.97. The van der Waals surface area contributed by atoms with Crippen molar-refractivity contribution in [3.05, 3.63) is 35.9 Å². The lowest BCUT2D eigenvalue weighted by Crippen LogP contribution is -2.29. The molecule has 1 atom stereocenters. The summed E-state index contributed by atoms with van der Waals surface area (Å²) in [5.41, 5.74) is 1.20. The maximum Gasteiger partial charge on any atom is 0.0723 e. The summed E-state index contributed by atoms with van der Waals surface area (Å²) in [7, 11) is 0. The van der Waals surface area contributed by atoms with Gasteiger partial charge in [0.05, 0.1) is 10.0 Å². The van der Waals surface area contributed by atoms with E-state index in [4.69, 9.17) is 0 Å². The predicted molar refractivity (Wildman–Crippen MR) is 64.1 cm³/mol. The Kier molecular flexibility index (Phi) is 3.74. The van der Waals surface area contributed by atoms with Gasteiger partial charge in [0.15, 0.2) is 0 Å². The van der Waals surface area contributed by atoms with Crippen LogP contribution in [0.5, 0.6) is 0 Å². The molecule has 0 aliphatic rings. The van der Waals surface area contributed by atoms with Gasteiger partial charge in [0.1, 0.15) is 0 Å². The first kappa shape index (κ1) is 11.0. The highest BCUT2D eigenvalue weighted by atomic mass is 127. The van der Waals surface area contributed by atoms with E-state index in [9.17, 15) is 5.11 Å². The molecule has 1 rings (SSSR count). The molecule has 0 bridgehead atoms. The zero-order chi connectivity index (χ0) is 9.90. The first-order chi connectivity index (χ1) is 6.11. The zero-order valence-corrected chi connectivity index (χ0v) is 10.2. The number of rotatable bonds is 3. The van der Waals surface area contributed by atoms with Gasteiger partial charge in [-0.2, -0.15) is 0 Å². The molecule has 0 radical (unpaired) electrons. The lowest BCUT2D eigenvalue weighted by atomic mass is 9.89. The van der Waals surface area contributed by atoms with Crippen molar-refractivity contribution in [2.45, 2.75) is 17.3 Å². The van der Waals surface area contributed by atoms with Gasteiger partial charge in [0.2, 0.25) is 0 Å². The molecule has 0 heterocycles. The Balaban J connectivity index is 3.03. The number of hydrogen-bond acceptors (Lipinski definition) is 1. The molecule has 1 nitrogen and oxygen atoms in total. The molecule has 0 aliphatic carbocycles. The van der Waals surface area contributed by atoms with Crippen LogP contribution in [0.25, 0.3) is 0 Å². The van der Waals surface area contributed by atoms with Gasteiger partial charge < -0.3 is 5.11 Å². The molecular formula is C11H15IO. The van der Waals surface area contributed by atoms with Crippen molar-refractivity contribution in [3.8, 4) is 0 Å². The van der Waals surface area contributed by atoms with Crippen LogP contribution in [-0.4, -0.2) is 11.7 Å². The molecule has 72 valence electrons. The monoisotopic (exact) mass is 290 g/mol. The van der Waals surface area contributed by atoms with Crippen LogP contribution in [0.4, 0.5) is 0 Å². The van der Waals surface area contributed by atoms with Crippen LogP contribution in [0.2, 0.25) is 0 Å². The zero-order valence-electron chi connectivity index (χ0n) is 8.00. The highest BCUT2D eigenvalue weighted by Gasteiger charge is 2.31. The minimum atomic E-state index is -0.140. The third-order valence-corrected chi connectivity index (χ3v) is 4.61. The van der Waals surface area contributed by atoms with Gasteiger partial charge in [-0.25, -0.2) is 0 Å². The first-order valence-electron chi connectivity index (χ1n) is 4.46. The van der Waals surface area contributed by atoms with Gasteiger partial charge in [-0.1, -0.05) is 66.8 Å². The minimum absolute atomic E-state index is 0.140. The quantitative estimate of drug-likeness (QED) is 0.670. The van der Waals surface area contributed by atoms with Crippen molar-refractivity contribution < 1.29 is 5.11 Å². The maximum atomic E-state index is 9.40. The molecule has 0 amide bonds. The summed E-state index contributed by atoms with van der Waals surface area (Å²) < 4.78 is -0.140. The van der Waals surface area contributed by atoms with E-state index in [1.807, 2.05) is 18.2 Å². The molecular weight excluding hydrogens is 275 g/mol. The van der Waals surface area contributed by atoms with Crippen molar-refractivity contribution in [3.63, 3.8) is 0 Å². The molecule has 0 spiro atoms. The molecule has 0 saturated carbocycles. The number of aliphatic hydroxyl groups excluding tert-OH is 1. The van der Waals surface area contributed by atoms with E-state index >= 15 is 0 Å². The van der Waals surface area contributed by atoms with Gasteiger partial charge in [0.25, 0.3) is 0 Å². The lowest BCUT2D eigenvalue weighted by Gasteiger charge is -2.30. The maximum absolute atomic E-state index is 9.40. The number of benzene rings is 1. The van der Waals surface area contributed by atoms with Crippen molar-refractivity contribution in [1.29, 1.82) is 0 Å². The number of aliphatic hydroxyl groups is 1. The van der Waals surface area contributed by atoms with Gasteiger partial charge in [-0.15, -0.1) is 0 Å². The largest absolute Gasteiger partial charge is 0.395 e. The number of halogens is 1. The van der Waals surface area contributed by atoms with Crippen LogP contribution in [0.1, 0.15) is 19.4 Å². The molecule has 0 saturated heterocycles.